The molecule has 0 unspecified atom stereocenters. The minimum Gasteiger partial charge on any atom is -0.508 e. The van der Waals surface area contributed by atoms with Crippen molar-refractivity contribution in [2.24, 2.45) is 0 Å². The van der Waals surface area contributed by atoms with Gasteiger partial charge in [0.1, 0.15) is 5.75 Å². The van der Waals surface area contributed by atoms with E-state index in [0.717, 1.165) is 16.8 Å². The molecule has 5 heteroatoms. The first-order chi connectivity index (χ1) is 10.2. The van der Waals surface area contributed by atoms with Gasteiger partial charge < -0.3 is 20.1 Å². The predicted octanol–water partition coefficient (Wildman–Crippen LogP) is 1.12. The minimum absolute atomic E-state index is 0.0757. The fraction of sp³-hybridized carbons (Fsp3) is 0.312. The second-order valence-electron chi connectivity index (χ2n) is 5.08. The molecule has 0 aromatic heterocycles. The third-order valence-electron chi connectivity index (χ3n) is 3.67. The van der Waals surface area contributed by atoms with E-state index in [0.29, 0.717) is 32.8 Å². The van der Waals surface area contributed by atoms with Gasteiger partial charge in [0.2, 0.25) is 0 Å². The lowest BCUT2D eigenvalue weighted by Gasteiger charge is -2.28. The molecule has 0 aliphatic carbocycles. The summed E-state index contributed by atoms with van der Waals surface area (Å²) in [6, 6.07) is 6.99. The average molecular weight is 286 g/mol. The van der Waals surface area contributed by atoms with E-state index in [1.54, 1.807) is 12.1 Å². The Morgan fingerprint density at radius 2 is 1.86 bits per heavy atom. The van der Waals surface area contributed by atoms with Gasteiger partial charge in [-0.1, -0.05) is 0 Å². The average Bonchev–Trinajstić information content (AvgIpc) is 2.56. The molecule has 3 rings (SSSR count). The molecule has 2 N–H and O–H groups in total. The number of amides is 1. The van der Waals surface area contributed by atoms with Crippen molar-refractivity contribution < 1.29 is 14.6 Å². The van der Waals surface area contributed by atoms with Crippen LogP contribution < -0.4 is 5.32 Å². The Hall–Kier alpha value is -2.27. The Morgan fingerprint density at radius 3 is 2.48 bits per heavy atom. The van der Waals surface area contributed by atoms with Crippen molar-refractivity contribution in [2.75, 3.05) is 32.8 Å². The fourth-order valence-electron chi connectivity index (χ4n) is 2.45. The zero-order valence-electron chi connectivity index (χ0n) is 11.7. The molecular weight excluding hydrogens is 268 g/mol. The van der Waals surface area contributed by atoms with Crippen LogP contribution in [0.1, 0.15) is 5.56 Å². The summed E-state index contributed by atoms with van der Waals surface area (Å²) in [5.41, 5.74) is 2.70. The lowest BCUT2D eigenvalue weighted by atomic mass is 10.1. The predicted molar refractivity (Wildman–Crippen MR) is 79.6 cm³/mol. The maximum atomic E-state index is 12.3. The van der Waals surface area contributed by atoms with Crippen molar-refractivity contribution in [1.29, 1.82) is 0 Å². The molecule has 5 nitrogen and oxygen atoms in total. The number of allylic oxidation sites excluding steroid dienone is 2. The highest BCUT2D eigenvalue weighted by atomic mass is 16.5. The molecule has 1 aromatic rings. The summed E-state index contributed by atoms with van der Waals surface area (Å²) in [4.78, 5) is 14.2. The molecule has 2 heterocycles. The van der Waals surface area contributed by atoms with Gasteiger partial charge in [-0.25, -0.2) is 0 Å². The molecule has 0 bridgehead atoms. The number of benzene rings is 1. The molecule has 1 aromatic carbocycles. The molecule has 0 radical (unpaired) electrons. The van der Waals surface area contributed by atoms with Crippen molar-refractivity contribution in [3.8, 4) is 5.75 Å². The topological polar surface area (TPSA) is 61.8 Å². The summed E-state index contributed by atoms with van der Waals surface area (Å²) in [6.45, 7) is 3.06. The van der Waals surface area contributed by atoms with Crippen molar-refractivity contribution in [3.05, 3.63) is 47.6 Å². The quantitative estimate of drug-likeness (QED) is 0.855. The first-order valence-electron chi connectivity index (χ1n) is 7.05. The molecular formula is C16H18N2O3. The summed E-state index contributed by atoms with van der Waals surface area (Å²) < 4.78 is 5.26. The van der Waals surface area contributed by atoms with E-state index in [-0.39, 0.29) is 11.7 Å². The lowest BCUT2D eigenvalue weighted by Crippen LogP contribution is -2.43. The van der Waals surface area contributed by atoms with E-state index in [2.05, 4.69) is 5.32 Å². The molecule has 0 atom stereocenters. The van der Waals surface area contributed by atoms with E-state index in [9.17, 15) is 9.90 Å². The van der Waals surface area contributed by atoms with Crippen molar-refractivity contribution in [3.63, 3.8) is 0 Å². The van der Waals surface area contributed by atoms with Gasteiger partial charge in [0, 0.05) is 30.9 Å². The van der Waals surface area contributed by atoms with Crippen LogP contribution in [0, 0.1) is 0 Å². The fourth-order valence-corrected chi connectivity index (χ4v) is 2.45. The number of nitrogens with zero attached hydrogens (tertiary/aromatic N) is 1. The number of hydrogen-bond acceptors (Lipinski definition) is 4. The number of ether oxygens (including phenoxy) is 1. The molecule has 0 saturated carbocycles. The maximum absolute atomic E-state index is 12.3. The summed E-state index contributed by atoms with van der Waals surface area (Å²) in [7, 11) is 0. The Morgan fingerprint density at radius 1 is 1.14 bits per heavy atom. The lowest BCUT2D eigenvalue weighted by molar-refractivity contribution is -0.131. The summed E-state index contributed by atoms with van der Waals surface area (Å²) >= 11 is 0. The first-order valence-corrected chi connectivity index (χ1v) is 7.05. The van der Waals surface area contributed by atoms with Crippen LogP contribution in [0.25, 0.3) is 5.70 Å². The third kappa shape index (κ3) is 3.08. The van der Waals surface area contributed by atoms with Crippen molar-refractivity contribution in [2.45, 2.75) is 0 Å². The number of phenols is 1. The third-order valence-corrected chi connectivity index (χ3v) is 3.67. The molecule has 2 aliphatic heterocycles. The van der Waals surface area contributed by atoms with Gasteiger partial charge in [0.15, 0.2) is 0 Å². The van der Waals surface area contributed by atoms with Gasteiger partial charge in [-0.3, -0.25) is 4.79 Å². The number of hydrogen-bond donors (Lipinski definition) is 2. The second-order valence-corrected chi connectivity index (χ2v) is 5.08. The smallest absolute Gasteiger partial charge is 0.251 e. The number of dihydropyridines is 1. The normalized spacial score (nSPS) is 18.6. The van der Waals surface area contributed by atoms with Crippen LogP contribution in [0.15, 0.2) is 42.0 Å². The van der Waals surface area contributed by atoms with Crippen LogP contribution in [0.5, 0.6) is 5.75 Å². The summed E-state index contributed by atoms with van der Waals surface area (Å²) in [6.07, 6.45) is 3.78. The van der Waals surface area contributed by atoms with Gasteiger partial charge in [-0.05, 0) is 42.0 Å². The molecule has 1 saturated heterocycles. The molecule has 21 heavy (non-hydrogen) atoms. The molecule has 0 spiro atoms. The molecule has 2 aliphatic rings. The number of carbonyl (C=O) groups is 1. The highest BCUT2D eigenvalue weighted by Crippen LogP contribution is 2.19. The van der Waals surface area contributed by atoms with Crippen LogP contribution in [0.2, 0.25) is 0 Å². The number of morpholine rings is 1. The minimum atomic E-state index is 0.0757. The van der Waals surface area contributed by atoms with E-state index >= 15 is 0 Å². The van der Waals surface area contributed by atoms with Crippen LogP contribution in [0.4, 0.5) is 0 Å². The number of carbonyl (C=O) groups excluding carboxylic acids is 1. The van der Waals surface area contributed by atoms with Gasteiger partial charge >= 0.3 is 0 Å². The van der Waals surface area contributed by atoms with Crippen molar-refractivity contribution >= 4 is 11.6 Å². The van der Waals surface area contributed by atoms with Crippen LogP contribution in [-0.2, 0) is 9.53 Å². The Labute approximate surface area is 123 Å². The highest BCUT2D eigenvalue weighted by Gasteiger charge is 2.21. The van der Waals surface area contributed by atoms with E-state index in [1.807, 2.05) is 29.2 Å². The maximum Gasteiger partial charge on any atom is 0.251 e. The first kappa shape index (κ1) is 13.7. The van der Waals surface area contributed by atoms with E-state index in [1.165, 1.54) is 0 Å². The van der Waals surface area contributed by atoms with Crippen molar-refractivity contribution in [1.82, 2.24) is 10.2 Å². The Kier molecular flexibility index (Phi) is 3.92. The largest absolute Gasteiger partial charge is 0.508 e. The standard InChI is InChI=1S/C16H18N2O3/c19-14-4-1-12(2-5-14)15-6-3-13(11-17-15)16(20)18-7-9-21-10-8-18/h1-6,17,19H,7-11H2. The molecule has 1 amide bonds. The van der Waals surface area contributed by atoms with Crippen LogP contribution >= 0.6 is 0 Å². The number of aromatic hydroxyl groups is 1. The SMILES string of the molecule is O=C(C1=CC=C(c2ccc(O)cc2)NC1)N1CCOCC1. The molecule has 1 fully saturated rings. The van der Waals surface area contributed by atoms with E-state index in [4.69, 9.17) is 4.74 Å². The highest BCUT2D eigenvalue weighted by molar-refractivity contribution is 5.95. The van der Waals surface area contributed by atoms with Gasteiger partial charge in [-0.2, -0.15) is 0 Å². The van der Waals surface area contributed by atoms with Gasteiger partial charge in [-0.15, -0.1) is 0 Å². The summed E-state index contributed by atoms with van der Waals surface area (Å²) in [5.74, 6) is 0.320. The monoisotopic (exact) mass is 286 g/mol. The number of rotatable bonds is 2. The second kappa shape index (κ2) is 6.01. The van der Waals surface area contributed by atoms with Crippen LogP contribution in [-0.4, -0.2) is 48.8 Å². The Balaban J connectivity index is 1.72. The number of nitrogens with one attached hydrogen (secondary N) is 1. The number of phenolic OH excluding ortho intramolecular Hbond substituents is 1. The van der Waals surface area contributed by atoms with E-state index < -0.39 is 0 Å². The molecule has 110 valence electrons. The van der Waals surface area contributed by atoms with Crippen LogP contribution in [0.3, 0.4) is 0 Å². The van der Waals surface area contributed by atoms with Gasteiger partial charge in [0.25, 0.3) is 5.91 Å². The zero-order valence-corrected chi connectivity index (χ0v) is 11.7. The Bertz CT molecular complexity index is 584. The zero-order chi connectivity index (χ0) is 14.7. The summed E-state index contributed by atoms with van der Waals surface area (Å²) in [5, 5.41) is 12.6. The van der Waals surface area contributed by atoms with Gasteiger partial charge in [0.05, 0.1) is 13.2 Å².